The van der Waals surface area contributed by atoms with E-state index in [0.29, 0.717) is 0 Å². The van der Waals surface area contributed by atoms with Gasteiger partial charge in [-0.1, -0.05) is 133 Å². The van der Waals surface area contributed by atoms with Gasteiger partial charge in [0.15, 0.2) is 0 Å². The zero-order valence-electron chi connectivity index (χ0n) is 32.4. The van der Waals surface area contributed by atoms with E-state index in [-0.39, 0.29) is 0 Å². The van der Waals surface area contributed by atoms with Crippen LogP contribution in [0.3, 0.4) is 0 Å². The number of fused-ring (bicyclic) bond motifs is 10. The standard InChI is InChI=1S/C55H35N5/c1-3-15-36(16-4-1)54-55(37-17-5-2-6-18-37)57-32-31-40(35-53(57)56-54)60-51-29-27-38(58-47-23-11-7-19-41(47)42-20-8-12-24-48(42)58)33-45(51)46-34-39(28-30-52(46)60)59-49-25-13-9-21-43(49)44-22-10-14-26-50(44)59/h1-35H. The lowest BCUT2D eigenvalue weighted by Crippen LogP contribution is -1.98. The van der Waals surface area contributed by atoms with Crippen LogP contribution >= 0.6 is 0 Å². The zero-order valence-corrected chi connectivity index (χ0v) is 32.4. The van der Waals surface area contributed by atoms with Crippen molar-refractivity contribution in [1.82, 2.24) is 23.1 Å². The predicted molar refractivity (Wildman–Crippen MR) is 249 cm³/mol. The van der Waals surface area contributed by atoms with Gasteiger partial charge in [0.1, 0.15) is 5.65 Å². The number of aromatic nitrogens is 5. The quantitative estimate of drug-likeness (QED) is 0.172. The van der Waals surface area contributed by atoms with E-state index >= 15 is 0 Å². The van der Waals surface area contributed by atoms with Crippen LogP contribution in [-0.2, 0) is 0 Å². The van der Waals surface area contributed by atoms with Crippen LogP contribution in [0.1, 0.15) is 0 Å². The first-order chi connectivity index (χ1) is 29.8. The Hall–Kier alpha value is -8.15. The molecule has 5 nitrogen and oxygen atoms in total. The van der Waals surface area contributed by atoms with Gasteiger partial charge in [-0.2, -0.15) is 0 Å². The molecule has 0 bridgehead atoms. The SMILES string of the molecule is c1ccc(-c2nc3cc(-n4c5ccc(-n6c7ccccc7c7ccccc76)cc5c5cc(-n6c7ccccc7c7ccccc76)ccc54)ccn3c2-c2ccccc2)cc1. The molecule has 0 amide bonds. The van der Waals surface area contributed by atoms with Gasteiger partial charge in [-0.3, -0.25) is 4.40 Å². The highest BCUT2D eigenvalue weighted by Gasteiger charge is 2.21. The van der Waals surface area contributed by atoms with Gasteiger partial charge in [-0.05, 0) is 66.7 Å². The average molecular weight is 766 g/mol. The van der Waals surface area contributed by atoms with Crippen molar-refractivity contribution >= 4 is 71.1 Å². The summed E-state index contributed by atoms with van der Waals surface area (Å²) in [6.45, 7) is 0. The first-order valence-electron chi connectivity index (χ1n) is 20.5. The molecule has 13 rings (SSSR count). The van der Waals surface area contributed by atoms with E-state index in [4.69, 9.17) is 4.98 Å². The van der Waals surface area contributed by atoms with Gasteiger partial charge in [0.05, 0.1) is 50.2 Å². The molecule has 5 heteroatoms. The minimum absolute atomic E-state index is 0.893. The van der Waals surface area contributed by atoms with E-state index in [1.807, 2.05) is 0 Å². The maximum atomic E-state index is 5.34. The van der Waals surface area contributed by atoms with Gasteiger partial charge >= 0.3 is 0 Å². The summed E-state index contributed by atoms with van der Waals surface area (Å²) in [6.07, 6.45) is 2.18. The highest BCUT2D eigenvalue weighted by Crippen LogP contribution is 2.40. The van der Waals surface area contributed by atoms with Gasteiger partial charge in [0.2, 0.25) is 0 Å². The monoisotopic (exact) mass is 765 g/mol. The Labute approximate surface area is 344 Å². The van der Waals surface area contributed by atoms with Crippen molar-refractivity contribution in [3.63, 3.8) is 0 Å². The second-order valence-electron chi connectivity index (χ2n) is 15.6. The van der Waals surface area contributed by atoms with Crippen molar-refractivity contribution in [2.75, 3.05) is 0 Å². The van der Waals surface area contributed by atoms with Crippen LogP contribution in [0.15, 0.2) is 212 Å². The number of pyridine rings is 1. The Morgan fingerprint density at radius 3 is 1.15 bits per heavy atom. The molecule has 5 aromatic heterocycles. The maximum Gasteiger partial charge on any atom is 0.140 e. The van der Waals surface area contributed by atoms with E-state index in [1.54, 1.807) is 0 Å². The minimum atomic E-state index is 0.893. The van der Waals surface area contributed by atoms with Crippen LogP contribution in [0.4, 0.5) is 0 Å². The van der Waals surface area contributed by atoms with Crippen LogP contribution in [0.2, 0.25) is 0 Å². The molecule has 0 radical (unpaired) electrons. The fourth-order valence-electron chi connectivity index (χ4n) is 9.80. The average Bonchev–Trinajstić information content (AvgIpc) is 4.05. The second-order valence-corrected chi connectivity index (χ2v) is 15.6. The molecule has 0 N–H and O–H groups in total. The third-order valence-electron chi connectivity index (χ3n) is 12.4. The molecule has 0 aliphatic rings. The number of para-hydroxylation sites is 4. The molecule has 0 saturated carbocycles. The van der Waals surface area contributed by atoms with Gasteiger partial charge in [0.25, 0.3) is 0 Å². The van der Waals surface area contributed by atoms with Crippen molar-refractivity contribution in [3.05, 3.63) is 212 Å². The molecule has 8 aromatic carbocycles. The lowest BCUT2D eigenvalue weighted by Gasteiger charge is -2.11. The van der Waals surface area contributed by atoms with E-state index in [9.17, 15) is 0 Å². The Morgan fingerprint density at radius 1 is 0.300 bits per heavy atom. The van der Waals surface area contributed by atoms with Crippen LogP contribution in [0.5, 0.6) is 0 Å². The molecule has 60 heavy (non-hydrogen) atoms. The largest absolute Gasteiger partial charge is 0.309 e. The Balaban J connectivity index is 1.09. The molecule has 0 saturated heterocycles. The fraction of sp³-hybridized carbons (Fsp3) is 0. The van der Waals surface area contributed by atoms with Gasteiger partial charge in [-0.15, -0.1) is 0 Å². The number of rotatable bonds is 5. The van der Waals surface area contributed by atoms with E-state index < -0.39 is 0 Å². The molecule has 0 unspecified atom stereocenters. The number of hydrogen-bond acceptors (Lipinski definition) is 1. The number of nitrogens with zero attached hydrogens (tertiary/aromatic N) is 5. The summed E-state index contributed by atoms with van der Waals surface area (Å²) in [5.41, 5.74) is 15.5. The van der Waals surface area contributed by atoms with Crippen molar-refractivity contribution in [2.45, 2.75) is 0 Å². The van der Waals surface area contributed by atoms with Crippen molar-refractivity contribution in [3.8, 4) is 39.6 Å². The first kappa shape index (κ1) is 32.9. The molecule has 0 spiro atoms. The summed E-state index contributed by atoms with van der Waals surface area (Å²) in [6, 6.07) is 74.4. The van der Waals surface area contributed by atoms with Crippen molar-refractivity contribution in [2.24, 2.45) is 0 Å². The Morgan fingerprint density at radius 2 is 0.683 bits per heavy atom. The summed E-state index contributed by atoms with van der Waals surface area (Å²) < 4.78 is 9.47. The van der Waals surface area contributed by atoms with E-state index in [2.05, 4.69) is 231 Å². The van der Waals surface area contributed by atoms with E-state index in [0.717, 1.165) is 56.3 Å². The fourth-order valence-corrected chi connectivity index (χ4v) is 9.80. The zero-order chi connectivity index (χ0) is 39.3. The Bertz CT molecular complexity index is 3550. The van der Waals surface area contributed by atoms with Crippen LogP contribution in [-0.4, -0.2) is 23.1 Å². The lowest BCUT2D eigenvalue weighted by molar-refractivity contribution is 1.12. The smallest absolute Gasteiger partial charge is 0.140 e. The van der Waals surface area contributed by atoms with E-state index in [1.165, 1.54) is 54.4 Å². The summed E-state index contributed by atoms with van der Waals surface area (Å²) in [7, 11) is 0. The van der Waals surface area contributed by atoms with Crippen LogP contribution in [0, 0.1) is 0 Å². The molecule has 0 aliphatic heterocycles. The molecule has 5 heterocycles. The maximum absolute atomic E-state index is 5.34. The van der Waals surface area contributed by atoms with Crippen LogP contribution < -0.4 is 0 Å². The summed E-state index contributed by atoms with van der Waals surface area (Å²) in [5.74, 6) is 0. The van der Waals surface area contributed by atoms with Crippen LogP contribution in [0.25, 0.3) is 111 Å². The lowest BCUT2D eigenvalue weighted by atomic mass is 10.1. The molecule has 280 valence electrons. The van der Waals surface area contributed by atoms with Gasteiger partial charge < -0.3 is 13.7 Å². The number of hydrogen-bond donors (Lipinski definition) is 0. The molecule has 0 aliphatic carbocycles. The second kappa shape index (κ2) is 12.7. The normalized spacial score (nSPS) is 12.0. The molecule has 13 aromatic rings. The first-order valence-corrected chi connectivity index (χ1v) is 20.5. The molecule has 0 fully saturated rings. The Kier molecular flexibility index (Phi) is 6.95. The third-order valence-corrected chi connectivity index (χ3v) is 12.4. The topological polar surface area (TPSA) is 32.1 Å². The number of benzene rings is 8. The van der Waals surface area contributed by atoms with Gasteiger partial charge in [-0.25, -0.2) is 4.98 Å². The highest BCUT2D eigenvalue weighted by atomic mass is 15.1. The van der Waals surface area contributed by atoms with Crippen molar-refractivity contribution < 1.29 is 0 Å². The van der Waals surface area contributed by atoms with Crippen molar-refractivity contribution in [1.29, 1.82) is 0 Å². The summed E-state index contributed by atoms with van der Waals surface area (Å²) >= 11 is 0. The molecular formula is C55H35N5. The summed E-state index contributed by atoms with van der Waals surface area (Å²) in [4.78, 5) is 5.34. The minimum Gasteiger partial charge on any atom is -0.309 e. The molecular weight excluding hydrogens is 731 g/mol. The third kappa shape index (κ3) is 4.71. The summed E-state index contributed by atoms with van der Waals surface area (Å²) in [5, 5.41) is 7.38. The molecule has 0 atom stereocenters. The highest BCUT2D eigenvalue weighted by molar-refractivity contribution is 6.14. The van der Waals surface area contributed by atoms with Gasteiger partial charge in [0, 0.05) is 67.1 Å². The predicted octanol–water partition coefficient (Wildman–Crippen LogP) is 14.0. The number of imidazole rings is 1.